The summed E-state index contributed by atoms with van der Waals surface area (Å²) in [6.07, 6.45) is 5.85. The molecular weight excluding hydrogens is 375 g/mol. The fourth-order valence-electron chi connectivity index (χ4n) is 1.83. The summed E-state index contributed by atoms with van der Waals surface area (Å²) in [5, 5.41) is 0. The van der Waals surface area contributed by atoms with Crippen LogP contribution in [0.1, 0.15) is 66.2 Å². The van der Waals surface area contributed by atoms with Gasteiger partial charge in [-0.15, -0.1) is 0 Å². The SMILES string of the molecule is CCCCCC(=CCCC(=O)OC(C)(C)C(Cl)(Cl)Cl)C(=O)OCC. The monoisotopic (exact) mass is 400 g/mol. The maximum Gasteiger partial charge on any atom is 0.333 e. The van der Waals surface area contributed by atoms with Gasteiger partial charge in [-0.05, 0) is 40.0 Å². The average molecular weight is 402 g/mol. The Labute approximate surface area is 159 Å². The maximum absolute atomic E-state index is 11.9. The number of hydrogen-bond donors (Lipinski definition) is 0. The lowest BCUT2D eigenvalue weighted by atomic mass is 10.1. The van der Waals surface area contributed by atoms with Gasteiger partial charge >= 0.3 is 11.9 Å². The summed E-state index contributed by atoms with van der Waals surface area (Å²) in [4.78, 5) is 23.8. The van der Waals surface area contributed by atoms with Crippen molar-refractivity contribution in [3.05, 3.63) is 11.6 Å². The van der Waals surface area contributed by atoms with Crippen molar-refractivity contribution in [1.82, 2.24) is 0 Å². The lowest BCUT2D eigenvalue weighted by molar-refractivity contribution is -0.156. The first-order chi connectivity index (χ1) is 11.0. The Kier molecular flexibility index (Phi) is 11.0. The van der Waals surface area contributed by atoms with Crippen LogP contribution in [0.15, 0.2) is 11.6 Å². The van der Waals surface area contributed by atoms with E-state index in [1.807, 2.05) is 0 Å². The molecule has 0 radical (unpaired) electrons. The van der Waals surface area contributed by atoms with Gasteiger partial charge in [-0.3, -0.25) is 4.79 Å². The van der Waals surface area contributed by atoms with Gasteiger partial charge in [0.05, 0.1) is 6.61 Å². The topological polar surface area (TPSA) is 52.6 Å². The molecule has 4 nitrogen and oxygen atoms in total. The zero-order valence-corrected chi connectivity index (χ0v) is 17.1. The Morgan fingerprint density at radius 1 is 1.04 bits per heavy atom. The fourth-order valence-corrected chi connectivity index (χ4v) is 1.95. The van der Waals surface area contributed by atoms with Gasteiger partial charge in [0, 0.05) is 12.0 Å². The van der Waals surface area contributed by atoms with Crippen molar-refractivity contribution in [1.29, 1.82) is 0 Å². The predicted octanol–water partition coefficient (Wildman–Crippen LogP) is 5.53. The van der Waals surface area contributed by atoms with Crippen LogP contribution in [0, 0.1) is 0 Å². The van der Waals surface area contributed by atoms with Gasteiger partial charge in [-0.2, -0.15) is 0 Å². The van der Waals surface area contributed by atoms with Gasteiger partial charge in [-0.25, -0.2) is 4.79 Å². The Bertz CT molecular complexity index is 440. The molecule has 0 aromatic rings. The van der Waals surface area contributed by atoms with Crippen LogP contribution in [0.5, 0.6) is 0 Å². The third-order valence-corrected chi connectivity index (χ3v) is 4.74. The predicted molar refractivity (Wildman–Crippen MR) is 98.6 cm³/mol. The van der Waals surface area contributed by atoms with E-state index >= 15 is 0 Å². The first kappa shape index (κ1) is 23.5. The summed E-state index contributed by atoms with van der Waals surface area (Å²) in [6, 6.07) is 0. The standard InChI is InChI=1S/C17H27Cl3O4/c1-5-7-8-10-13(15(22)23-6-2)11-9-12-14(21)24-16(3,4)17(18,19)20/h11H,5-10,12H2,1-4H3. The quantitative estimate of drug-likeness (QED) is 0.209. The number of alkyl halides is 3. The molecule has 0 bridgehead atoms. The number of carbonyl (C=O) groups is 2. The first-order valence-electron chi connectivity index (χ1n) is 8.19. The zero-order chi connectivity index (χ0) is 18.8. The van der Waals surface area contributed by atoms with Crippen molar-refractivity contribution in [2.45, 2.75) is 75.6 Å². The molecule has 140 valence electrons. The highest BCUT2D eigenvalue weighted by Crippen LogP contribution is 2.40. The lowest BCUT2D eigenvalue weighted by Crippen LogP contribution is -2.41. The number of allylic oxidation sites excluding steroid dienone is 1. The minimum Gasteiger partial charge on any atom is -0.463 e. The highest BCUT2D eigenvalue weighted by molar-refractivity contribution is 6.68. The Morgan fingerprint density at radius 3 is 2.17 bits per heavy atom. The highest BCUT2D eigenvalue weighted by Gasteiger charge is 2.43. The van der Waals surface area contributed by atoms with E-state index in [4.69, 9.17) is 44.3 Å². The van der Waals surface area contributed by atoms with Crippen LogP contribution in [-0.2, 0) is 19.1 Å². The van der Waals surface area contributed by atoms with Crippen LogP contribution >= 0.6 is 34.8 Å². The molecular formula is C17H27Cl3O4. The van der Waals surface area contributed by atoms with E-state index in [0.717, 1.165) is 19.3 Å². The molecule has 0 saturated heterocycles. The van der Waals surface area contributed by atoms with E-state index in [-0.39, 0.29) is 12.4 Å². The van der Waals surface area contributed by atoms with E-state index in [9.17, 15) is 9.59 Å². The van der Waals surface area contributed by atoms with Crippen molar-refractivity contribution in [3.63, 3.8) is 0 Å². The zero-order valence-electron chi connectivity index (χ0n) is 14.8. The molecule has 0 aliphatic rings. The van der Waals surface area contributed by atoms with Gasteiger partial charge in [0.25, 0.3) is 0 Å². The third kappa shape index (κ3) is 9.14. The second-order valence-corrected chi connectivity index (χ2v) is 8.21. The van der Waals surface area contributed by atoms with E-state index < -0.39 is 15.4 Å². The molecule has 0 atom stereocenters. The molecule has 0 spiro atoms. The Hall–Kier alpha value is -0.450. The lowest BCUT2D eigenvalue weighted by Gasteiger charge is -2.31. The number of rotatable bonds is 10. The van der Waals surface area contributed by atoms with Gasteiger partial charge in [0.15, 0.2) is 5.60 Å². The van der Waals surface area contributed by atoms with Gasteiger partial charge < -0.3 is 9.47 Å². The first-order valence-corrected chi connectivity index (χ1v) is 9.33. The van der Waals surface area contributed by atoms with Gasteiger partial charge in [0.2, 0.25) is 3.79 Å². The summed E-state index contributed by atoms with van der Waals surface area (Å²) in [7, 11) is 0. The summed E-state index contributed by atoms with van der Waals surface area (Å²) in [6.45, 7) is 7.24. The van der Waals surface area contributed by atoms with Crippen molar-refractivity contribution in [2.24, 2.45) is 0 Å². The Morgan fingerprint density at radius 2 is 1.67 bits per heavy atom. The van der Waals surface area contributed by atoms with Gasteiger partial charge in [-0.1, -0.05) is 60.6 Å². The number of unbranched alkanes of at least 4 members (excludes halogenated alkanes) is 2. The molecule has 0 N–H and O–H groups in total. The maximum atomic E-state index is 11.9. The van der Waals surface area contributed by atoms with E-state index in [1.165, 1.54) is 13.8 Å². The van der Waals surface area contributed by atoms with E-state index in [0.29, 0.717) is 25.0 Å². The van der Waals surface area contributed by atoms with Crippen molar-refractivity contribution in [2.75, 3.05) is 6.61 Å². The summed E-state index contributed by atoms with van der Waals surface area (Å²) >= 11 is 17.3. The smallest absolute Gasteiger partial charge is 0.333 e. The Balaban J connectivity index is 4.62. The van der Waals surface area contributed by atoms with Crippen molar-refractivity contribution < 1.29 is 19.1 Å². The van der Waals surface area contributed by atoms with Crippen molar-refractivity contribution in [3.8, 4) is 0 Å². The molecule has 0 heterocycles. The fraction of sp³-hybridized carbons (Fsp3) is 0.765. The number of halogens is 3. The number of esters is 2. The number of carbonyl (C=O) groups excluding carboxylic acids is 2. The van der Waals surface area contributed by atoms with Crippen molar-refractivity contribution >= 4 is 46.7 Å². The molecule has 0 aliphatic heterocycles. The minimum atomic E-state index is -1.71. The largest absolute Gasteiger partial charge is 0.463 e. The van der Waals surface area contributed by atoms with Crippen LogP contribution in [0.3, 0.4) is 0 Å². The summed E-state index contributed by atoms with van der Waals surface area (Å²) < 4.78 is 8.54. The van der Waals surface area contributed by atoms with Gasteiger partial charge in [0.1, 0.15) is 0 Å². The molecule has 0 saturated carbocycles. The molecule has 24 heavy (non-hydrogen) atoms. The molecule has 0 amide bonds. The molecule has 0 unspecified atom stereocenters. The minimum absolute atomic E-state index is 0.0981. The third-order valence-electron chi connectivity index (χ3n) is 3.38. The van der Waals surface area contributed by atoms with Crippen LogP contribution in [0.25, 0.3) is 0 Å². The van der Waals surface area contributed by atoms with Crippen LogP contribution in [0.2, 0.25) is 0 Å². The number of hydrogen-bond acceptors (Lipinski definition) is 4. The molecule has 0 aromatic carbocycles. The molecule has 0 rings (SSSR count). The normalized spacial score (nSPS) is 12.9. The summed E-state index contributed by atoms with van der Waals surface area (Å²) in [5.74, 6) is -0.817. The van der Waals surface area contributed by atoms with E-state index in [2.05, 4.69) is 6.92 Å². The second-order valence-electron chi connectivity index (χ2n) is 5.93. The second kappa shape index (κ2) is 11.2. The molecule has 0 aliphatic carbocycles. The molecule has 7 heteroatoms. The van der Waals surface area contributed by atoms with Crippen LogP contribution < -0.4 is 0 Å². The number of ether oxygens (including phenoxy) is 2. The summed E-state index contributed by atoms with van der Waals surface area (Å²) in [5.41, 5.74) is -0.637. The molecule has 0 aromatic heterocycles. The van der Waals surface area contributed by atoms with Crippen LogP contribution in [-0.4, -0.2) is 27.9 Å². The van der Waals surface area contributed by atoms with E-state index in [1.54, 1.807) is 13.0 Å². The van der Waals surface area contributed by atoms with Crippen LogP contribution in [0.4, 0.5) is 0 Å². The average Bonchev–Trinajstić information content (AvgIpc) is 2.44. The molecule has 0 fully saturated rings. The highest BCUT2D eigenvalue weighted by atomic mass is 35.6.